The highest BCUT2D eigenvalue weighted by Gasteiger charge is 2.86. The van der Waals surface area contributed by atoms with Gasteiger partial charge in [-0.05, 0) is 189 Å². The third-order valence-corrected chi connectivity index (χ3v) is 36.7. The van der Waals surface area contributed by atoms with Crippen molar-refractivity contribution in [2.45, 2.75) is 279 Å². The van der Waals surface area contributed by atoms with Gasteiger partial charge in [-0.15, -0.1) is 0 Å². The van der Waals surface area contributed by atoms with Crippen LogP contribution >= 0.6 is 0 Å². The number of esters is 1. The average Bonchev–Trinajstić information content (AvgIpc) is 1.38. The number of aromatic hydroxyl groups is 3. The number of hydrogen-bond acceptors (Lipinski definition) is 14. The number of quaternary nitrogens is 4. The average molecular weight is 1570 g/mol. The van der Waals surface area contributed by atoms with Crippen LogP contribution in [0.3, 0.4) is 0 Å². The van der Waals surface area contributed by atoms with Crippen molar-refractivity contribution in [3.8, 4) is 51.7 Å². The Morgan fingerprint density at radius 2 is 1.12 bits per heavy atom. The largest absolute Gasteiger partial charge is 0.508 e. The summed E-state index contributed by atoms with van der Waals surface area (Å²) >= 11 is 0. The van der Waals surface area contributed by atoms with Crippen LogP contribution in [0.1, 0.15) is 253 Å². The number of phenolic OH excluding ortho intramolecular Hbond substituents is 3. The number of cyclic esters (lactones) is 1. The van der Waals surface area contributed by atoms with Gasteiger partial charge in [0.2, 0.25) is 12.5 Å². The molecule has 4 saturated carbocycles. The number of nitrogens with zero attached hydrogens (tertiary/aromatic N) is 4. The van der Waals surface area contributed by atoms with Crippen molar-refractivity contribution in [2.24, 2.45) is 16.2 Å². The van der Waals surface area contributed by atoms with Crippen LogP contribution in [-0.2, 0) is 52.2 Å². The summed E-state index contributed by atoms with van der Waals surface area (Å²) in [4.78, 5) is 13.1. The Morgan fingerprint density at radius 3 is 1.74 bits per heavy atom. The molecule has 114 heavy (non-hydrogen) atoms. The van der Waals surface area contributed by atoms with Crippen molar-refractivity contribution in [3.05, 3.63) is 134 Å². The SMILES string of the molecule is CC(C)=CC[N+]1(C)CCC2(C)c3cc(O)ccc3CC1(C)C2(C)C.CC1(C[N+]2(C)CCC34CCCCC3(O)C2(C)Cc2ccc(O)cc24)CCC1.CC1(C[N+]2(C)CCC34c5c6ccc(O)c5OC3(C)C(C)(O)CCC4(O)C2(C)C6)CCC1.COc1ccc2c(c1OC)C(=O)OC2C1(C)c2c(cc3c(c2OC)OCO3)CC[N+]1(C)C. The van der Waals surface area contributed by atoms with Gasteiger partial charge in [-0.3, -0.25) is 0 Å². The first kappa shape index (κ1) is 81.0. The molecule has 5 aromatic rings. The van der Waals surface area contributed by atoms with Gasteiger partial charge in [0.1, 0.15) is 56.1 Å². The molecule has 15 atom stereocenters. The number of likely N-dealkylation sites (N-methyl/N-ethyl adjacent to an activating group) is 4. The van der Waals surface area contributed by atoms with E-state index in [1.807, 2.05) is 62.4 Å². The number of carbonyl (C=O) groups excluding carboxylic acids is 1. The summed E-state index contributed by atoms with van der Waals surface area (Å²) in [6.45, 7) is 37.4. The van der Waals surface area contributed by atoms with Crippen LogP contribution in [0, 0.1) is 16.2 Å². The fourth-order valence-electron chi connectivity index (χ4n) is 27.8. The van der Waals surface area contributed by atoms with Crippen molar-refractivity contribution in [2.75, 3.05) is 109 Å². The molecule has 6 N–H and O–H groups in total. The Labute approximate surface area is 679 Å². The second-order valence-electron chi connectivity index (χ2n) is 42.5. The molecular weight excluding hydrogens is 1430 g/mol. The maximum Gasteiger partial charge on any atom is 0.343 e. The molecule has 0 radical (unpaired) electrons. The van der Waals surface area contributed by atoms with Crippen LogP contribution in [-0.4, -0.2) is 203 Å². The molecule has 1 spiro atoms. The Bertz CT molecular complexity index is 4790. The Morgan fingerprint density at radius 1 is 0.544 bits per heavy atom. The molecule has 18 heteroatoms. The van der Waals surface area contributed by atoms with E-state index in [0.29, 0.717) is 79.7 Å². The van der Waals surface area contributed by atoms with Gasteiger partial charge >= 0.3 is 5.97 Å². The van der Waals surface area contributed by atoms with E-state index in [1.165, 1.54) is 105 Å². The van der Waals surface area contributed by atoms with E-state index in [4.69, 9.17) is 33.2 Å². The number of likely N-dealkylation sites (tertiary alicyclic amines) is 3. The van der Waals surface area contributed by atoms with Crippen LogP contribution in [0.25, 0.3) is 0 Å². The normalized spacial score (nSPS) is 39.1. The summed E-state index contributed by atoms with van der Waals surface area (Å²) in [5.74, 6) is 3.74. The van der Waals surface area contributed by atoms with Crippen molar-refractivity contribution in [1.82, 2.24) is 0 Å². The highest BCUT2D eigenvalue weighted by Crippen LogP contribution is 2.75. The molecule has 0 amide bonds. The van der Waals surface area contributed by atoms with Gasteiger partial charge in [0.25, 0.3) is 0 Å². The first-order valence-corrected chi connectivity index (χ1v) is 43.0. The highest BCUT2D eigenvalue weighted by atomic mass is 16.7. The molecular formula is C96H136N4O14+4. The molecule has 18 nitrogen and oxygen atoms in total. The second kappa shape index (κ2) is 25.9. The number of methoxy groups -OCH3 is 3. The number of carbonyl (C=O) groups is 1. The first-order valence-electron chi connectivity index (χ1n) is 43.0. The standard InChI is InChI=1S/C26H37NO4.C24H28NO7.C24H35NO2.C22H33NO/c1-21(9-6-10-21)16-27(5)14-13-25-19-17-7-8-18(28)20(19)31-24(25,4)23(3,29)11-12-26(25,30)22(27,2)15-17;1-24(22-14-7-8-15(27-4)19(28-5)17(14)23(26)32-22)18-13(9-10-25(24,2)3)11-16-20(21(18)29-6)31-12-30-16;1-21(9-6-10-21)17-25(3)14-13-23-11-4-5-12-24(23,27)22(25,2)16-18-7-8-19(26)15-20(18)23;1-16(2)10-12-23(7)13-11-21(5)19-14-18(24)9-8-17(19)15-22(23,6)20(21,3)4/h7-8,29-30H,6,9-16H2,1-5H3;7-8,11,22H,9-10,12H2,1-6H3;7-8,15,27H,4-6,9-14,16-17H2,1-3H3;8-10,14H,11-13,15H2,1-7H3/q;+1;;/p+3. The number of allylic oxidation sites excluding steroid dienone is 1. The zero-order valence-electron chi connectivity index (χ0n) is 72.8. The topological polar surface area (TPSA) is 203 Å². The summed E-state index contributed by atoms with van der Waals surface area (Å²) in [5, 5.41) is 68.1. The molecule has 14 aliphatic rings. The van der Waals surface area contributed by atoms with Crippen molar-refractivity contribution in [3.63, 3.8) is 0 Å². The van der Waals surface area contributed by atoms with E-state index in [1.54, 1.807) is 20.3 Å². The van der Waals surface area contributed by atoms with Gasteiger partial charge in [-0.2, -0.15) is 0 Å². The summed E-state index contributed by atoms with van der Waals surface area (Å²) in [7, 11) is 16.3. The first-order chi connectivity index (χ1) is 53.2. The third-order valence-electron chi connectivity index (χ3n) is 36.7. The number of aliphatic hydroxyl groups is 3. The number of fused-ring (bicyclic) bond motifs is 8. The molecule has 5 aromatic carbocycles. The molecule has 7 heterocycles. The zero-order chi connectivity index (χ0) is 82.2. The summed E-state index contributed by atoms with van der Waals surface area (Å²) in [6.07, 6.45) is 21.6. The summed E-state index contributed by atoms with van der Waals surface area (Å²) < 4.78 is 44.5. The lowest BCUT2D eigenvalue weighted by atomic mass is 9.39. The van der Waals surface area contributed by atoms with Gasteiger partial charge in [0.15, 0.2) is 46.1 Å². The van der Waals surface area contributed by atoms with Crippen LogP contribution in [0.5, 0.6) is 51.7 Å². The van der Waals surface area contributed by atoms with Gasteiger partial charge in [0.05, 0.1) is 113 Å². The van der Waals surface area contributed by atoms with Crippen molar-refractivity contribution >= 4 is 5.97 Å². The lowest BCUT2D eigenvalue weighted by Crippen LogP contribution is -2.90. The summed E-state index contributed by atoms with van der Waals surface area (Å²) in [6, 6.07) is 21.5. The van der Waals surface area contributed by atoms with Crippen LogP contribution in [0.4, 0.5) is 0 Å². The van der Waals surface area contributed by atoms with Gasteiger partial charge in [-0.1, -0.05) is 90.1 Å². The maximum atomic E-state index is 13.1. The Hall–Kier alpha value is -6.77. The molecule has 7 fully saturated rings. The number of phenols is 3. The smallest absolute Gasteiger partial charge is 0.343 e. The number of ether oxygens (including phenoxy) is 7. The monoisotopic (exact) mass is 1570 g/mol. The zero-order valence-corrected chi connectivity index (χ0v) is 72.8. The number of hydrogen-bond donors (Lipinski definition) is 6. The van der Waals surface area contributed by atoms with Crippen molar-refractivity contribution < 1.29 is 86.5 Å². The van der Waals surface area contributed by atoms with E-state index in [9.17, 15) is 35.4 Å². The van der Waals surface area contributed by atoms with Gasteiger partial charge in [-0.25, -0.2) is 4.79 Å². The lowest BCUT2D eigenvalue weighted by molar-refractivity contribution is -0.980. The third kappa shape index (κ3) is 10.4. The molecule has 3 saturated heterocycles. The molecule has 7 aliphatic carbocycles. The molecule has 19 rings (SSSR count). The van der Waals surface area contributed by atoms with E-state index < -0.39 is 51.0 Å². The second-order valence-corrected chi connectivity index (χ2v) is 42.5. The Kier molecular flexibility index (Phi) is 18.4. The van der Waals surface area contributed by atoms with Gasteiger partial charge in [0, 0.05) is 83.1 Å². The van der Waals surface area contributed by atoms with E-state index >= 15 is 0 Å². The molecule has 620 valence electrons. The maximum absolute atomic E-state index is 13.1. The minimum atomic E-state index is -1.10. The highest BCUT2D eigenvalue weighted by molar-refractivity contribution is 5.98. The minimum Gasteiger partial charge on any atom is -0.508 e. The van der Waals surface area contributed by atoms with Crippen LogP contribution in [0.2, 0.25) is 0 Å². The minimum absolute atomic E-state index is 0.108. The fraction of sp³-hybridized carbons (Fsp3) is 0.656. The fourth-order valence-corrected chi connectivity index (χ4v) is 27.8. The predicted octanol–water partition coefficient (Wildman–Crippen LogP) is 15.7. The van der Waals surface area contributed by atoms with Crippen molar-refractivity contribution in [1.29, 1.82) is 0 Å². The Balaban J connectivity index is 0.000000115. The molecule has 7 aliphatic heterocycles. The molecule has 15 unspecified atom stereocenters. The van der Waals surface area contributed by atoms with E-state index in [2.05, 4.69) is 130 Å². The van der Waals surface area contributed by atoms with E-state index in [-0.39, 0.29) is 39.9 Å². The van der Waals surface area contributed by atoms with Crippen LogP contribution in [0.15, 0.2) is 78.4 Å². The van der Waals surface area contributed by atoms with E-state index in [0.717, 1.165) is 126 Å². The molecule has 6 bridgehead atoms. The number of benzene rings is 5. The van der Waals surface area contributed by atoms with Crippen LogP contribution < -0.4 is 28.4 Å². The van der Waals surface area contributed by atoms with Gasteiger partial charge < -0.3 is 81.7 Å². The predicted molar refractivity (Wildman–Crippen MR) is 442 cm³/mol. The summed E-state index contributed by atoms with van der Waals surface area (Å²) in [5.41, 5.74) is 7.56. The number of rotatable bonds is 10. The number of piperidine rings is 3. The molecule has 0 aromatic heterocycles. The lowest BCUT2D eigenvalue weighted by Gasteiger charge is -2.74. The quantitative estimate of drug-likeness (QED) is 0.0438.